The van der Waals surface area contributed by atoms with Gasteiger partial charge in [-0.05, 0) is 139 Å². The second kappa shape index (κ2) is 24.8. The number of anilines is 2. The monoisotopic (exact) mass is 1110 g/mol. The van der Waals surface area contributed by atoms with Crippen molar-refractivity contribution in [3.63, 3.8) is 0 Å². The van der Waals surface area contributed by atoms with Gasteiger partial charge in [0.1, 0.15) is 6.54 Å². The highest BCUT2D eigenvalue weighted by molar-refractivity contribution is 6.50. The van der Waals surface area contributed by atoms with Gasteiger partial charge in [-0.2, -0.15) is 4.57 Å². The summed E-state index contributed by atoms with van der Waals surface area (Å²) in [6.07, 6.45) is 13.1. The summed E-state index contributed by atoms with van der Waals surface area (Å²) < 4.78 is 2.32. The number of nitrogens with two attached hydrogens (primary N) is 2. The topological polar surface area (TPSA) is 197 Å². The van der Waals surface area contributed by atoms with Crippen LogP contribution in [0.1, 0.15) is 54.7 Å². The average Bonchev–Trinajstić information content (AvgIpc) is 2.53. The molecule has 0 amide bonds. The third-order valence-electron chi connectivity index (χ3n) is 15.1. The van der Waals surface area contributed by atoms with Crippen LogP contribution < -0.4 is 16.0 Å². The number of aromatic nitrogens is 6. The number of carbonyl (C=O) groups excluding carboxylic acids is 4. The number of ketones is 4. The van der Waals surface area contributed by atoms with Gasteiger partial charge in [-0.1, -0.05) is 127 Å². The number of allylic oxidation sites excluding steroid dienone is 3. The fourth-order valence-electron chi connectivity index (χ4n) is 10.9. The molecule has 0 radical (unpaired) electrons. The van der Waals surface area contributed by atoms with E-state index in [2.05, 4.69) is 147 Å². The Labute approximate surface area is 489 Å². The third-order valence-corrected chi connectivity index (χ3v) is 15.1. The number of para-hydroxylation sites is 4. The highest BCUT2D eigenvalue weighted by Gasteiger charge is 2.23. The Morgan fingerprint density at radius 2 is 1.12 bits per heavy atom. The molecule has 5 heterocycles. The molecule has 16 rings (SSSR count). The van der Waals surface area contributed by atoms with Crippen LogP contribution >= 0.6 is 0 Å². The van der Waals surface area contributed by atoms with Crippen LogP contribution in [-0.4, -0.2) is 48.1 Å². The maximum atomic E-state index is 11.2. The molecule has 0 unspecified atom stereocenters. The molecule has 85 heavy (non-hydrogen) atoms. The Hall–Kier alpha value is -11.4. The highest BCUT2D eigenvalue weighted by Crippen LogP contribution is 2.37. The van der Waals surface area contributed by atoms with Crippen molar-refractivity contribution in [2.75, 3.05) is 11.5 Å². The normalized spacial score (nSPS) is 12.1. The Bertz CT molecular complexity index is 4740. The van der Waals surface area contributed by atoms with Gasteiger partial charge in [0.2, 0.25) is 22.8 Å². The predicted octanol–water partition coefficient (Wildman–Crippen LogP) is 15.4. The fourth-order valence-corrected chi connectivity index (χ4v) is 10.9. The number of Topliss-reactive ketones (excluding diaryl/α,β-unsaturated/α-hetero) is 1. The lowest BCUT2D eigenvalue weighted by molar-refractivity contribution is -0.655. The summed E-state index contributed by atoms with van der Waals surface area (Å²) in [5, 5.41) is 9.99. The number of benzene rings is 9. The molecule has 0 atom stereocenters. The molecule has 0 bridgehead atoms. The van der Waals surface area contributed by atoms with E-state index in [1.54, 1.807) is 48.8 Å². The van der Waals surface area contributed by atoms with E-state index in [1.165, 1.54) is 100 Å². The second-order valence-electron chi connectivity index (χ2n) is 20.3. The number of fused-ring (bicyclic) bond motifs is 11. The minimum absolute atomic E-state index is 0.0924. The zero-order valence-corrected chi connectivity index (χ0v) is 47.0. The number of imidazole rings is 1. The molecular weight excluding hydrogens is 1050 g/mol. The fraction of sp³-hybridized carbons (Fsp3) is 0.0548. The highest BCUT2D eigenvalue weighted by atomic mass is 16.2. The number of carbonyl (C=O) groups is 4. The number of H-pyrrole nitrogens is 3. The van der Waals surface area contributed by atoms with Crippen molar-refractivity contribution >= 4 is 117 Å². The smallest absolute Gasteiger partial charge is 0.233 e. The zero-order valence-electron chi connectivity index (χ0n) is 47.0. The van der Waals surface area contributed by atoms with E-state index in [9.17, 15) is 19.2 Å². The van der Waals surface area contributed by atoms with Crippen LogP contribution in [0.25, 0.3) is 93.5 Å². The molecule has 0 saturated heterocycles. The zero-order chi connectivity index (χ0) is 59.0. The van der Waals surface area contributed by atoms with Gasteiger partial charge in [-0.15, -0.1) is 0 Å². The first kappa shape index (κ1) is 55.5. The standard InChI is InChI=1S/C21H19N3.C17H14N2.2C10H6O2.C8H7N.C7H6N2/c1-2-24-20-13-16(23)9-11-18(20)17-10-8-15(22)12-19(17)21(24)14-6-4-3-5-7-14;1-10-14-9-18-8-7-12(14)11(2)17-16(10)13-5-3-4-6-15(13)19-17;11-9-5-6-10(12)8-4-2-1-3-7(8)9;11-9-6-5-7-3-1-2-4-8(7)10(9)12;1-2-4-8-7(3-1)5-6-9-8;1-2-4-7-6(3-1)8-5-9-7/h3-13,23H,2,22H2,1H3;3-9,19H,1-2H3;2*1-6H;1-6,9H;1-5H,(H,8,9)/p+1. The summed E-state index contributed by atoms with van der Waals surface area (Å²) >= 11 is 0. The van der Waals surface area contributed by atoms with Crippen LogP contribution in [0.3, 0.4) is 0 Å². The minimum atomic E-state index is -0.436. The average molecular weight is 1110 g/mol. The van der Waals surface area contributed by atoms with Crippen molar-refractivity contribution in [1.82, 2.24) is 24.9 Å². The van der Waals surface area contributed by atoms with E-state index >= 15 is 0 Å². The summed E-state index contributed by atoms with van der Waals surface area (Å²) in [6, 6.07) is 65.4. The molecule has 7 N–H and O–H groups in total. The molecule has 0 aliphatic heterocycles. The first-order chi connectivity index (χ1) is 41.5. The Morgan fingerprint density at radius 3 is 1.85 bits per heavy atom. The van der Waals surface area contributed by atoms with Crippen LogP contribution in [0.15, 0.2) is 243 Å². The van der Waals surface area contributed by atoms with E-state index in [4.69, 9.17) is 11.5 Å². The lowest BCUT2D eigenvalue weighted by Gasteiger charge is -2.12. The number of rotatable bonds is 2. The van der Waals surface area contributed by atoms with E-state index < -0.39 is 11.6 Å². The first-order valence-corrected chi connectivity index (χ1v) is 27.8. The van der Waals surface area contributed by atoms with Gasteiger partial charge in [-0.3, -0.25) is 24.2 Å². The van der Waals surface area contributed by atoms with E-state index in [0.29, 0.717) is 16.7 Å². The van der Waals surface area contributed by atoms with Crippen molar-refractivity contribution < 1.29 is 23.7 Å². The lowest BCUT2D eigenvalue weighted by atomic mass is 9.95. The Balaban J connectivity index is 0.000000110. The third kappa shape index (κ3) is 11.6. The lowest BCUT2D eigenvalue weighted by Crippen LogP contribution is -2.36. The van der Waals surface area contributed by atoms with Crippen LogP contribution in [0.2, 0.25) is 0 Å². The van der Waals surface area contributed by atoms with Gasteiger partial charge in [-0.25, -0.2) is 4.98 Å². The van der Waals surface area contributed by atoms with Crippen LogP contribution in [0, 0.1) is 13.8 Å². The maximum Gasteiger partial charge on any atom is 0.233 e. The number of aromatic amines is 3. The molecule has 0 spiro atoms. The first-order valence-electron chi connectivity index (χ1n) is 27.8. The number of nitrogen functional groups attached to an aromatic ring is 2. The molecule has 2 aliphatic rings. The van der Waals surface area contributed by atoms with Crippen molar-refractivity contribution in [2.24, 2.45) is 0 Å². The molecule has 414 valence electrons. The van der Waals surface area contributed by atoms with Gasteiger partial charge in [0.15, 0.2) is 11.6 Å². The largest absolute Gasteiger partial charge is 0.399 e. The van der Waals surface area contributed by atoms with Crippen molar-refractivity contribution in [3.05, 3.63) is 277 Å². The molecule has 0 fully saturated rings. The molecule has 0 saturated carbocycles. The van der Waals surface area contributed by atoms with Crippen LogP contribution in [0.4, 0.5) is 11.4 Å². The number of hydrogen-bond acceptors (Lipinski definition) is 8. The summed E-state index contributed by atoms with van der Waals surface area (Å²) in [5.74, 6) is -1.03. The number of pyridine rings is 2. The summed E-state index contributed by atoms with van der Waals surface area (Å²) in [6.45, 7) is 7.38. The molecule has 9 aromatic carbocycles. The van der Waals surface area contributed by atoms with Gasteiger partial charge in [0.05, 0.1) is 33.6 Å². The van der Waals surface area contributed by atoms with Crippen molar-refractivity contribution in [2.45, 2.75) is 27.3 Å². The predicted molar refractivity (Wildman–Crippen MR) is 346 cm³/mol. The minimum Gasteiger partial charge on any atom is -0.399 e. The second-order valence-corrected chi connectivity index (χ2v) is 20.3. The van der Waals surface area contributed by atoms with Gasteiger partial charge >= 0.3 is 0 Å². The van der Waals surface area contributed by atoms with E-state index in [0.717, 1.165) is 40.0 Å². The maximum absolute atomic E-state index is 11.2. The quantitative estimate of drug-likeness (QED) is 0.0488. The summed E-state index contributed by atoms with van der Waals surface area (Å²) in [4.78, 5) is 62.5. The number of nitrogens with one attached hydrogen (secondary N) is 3. The molecule has 12 nitrogen and oxygen atoms in total. The van der Waals surface area contributed by atoms with E-state index in [1.807, 2.05) is 85.3 Å². The SMILES string of the molecule is CC[n+]1c(-c2ccccc2)c2cc(N)ccc2c2ccc(N)cc21.Cc1c2ccncc2c(C)c2c1[nH]c1ccccc12.O=C1C=CC(=O)c2ccccc21.O=C1C=Cc2ccccc2C1=O.c1ccc2[nH]ccc2c1.c1ccc2[nH]cnc2c1. The van der Waals surface area contributed by atoms with Gasteiger partial charge < -0.3 is 26.4 Å². The Morgan fingerprint density at radius 1 is 0.494 bits per heavy atom. The molecule has 2 aliphatic carbocycles. The number of aryl methyl sites for hydroxylation is 3. The molecule has 12 heteroatoms. The van der Waals surface area contributed by atoms with Gasteiger partial charge in [0.25, 0.3) is 0 Å². The molecule has 14 aromatic rings. The van der Waals surface area contributed by atoms with Crippen LogP contribution in [0.5, 0.6) is 0 Å². The van der Waals surface area contributed by atoms with Crippen molar-refractivity contribution in [3.8, 4) is 11.3 Å². The number of nitrogens with zero attached hydrogens (tertiary/aromatic N) is 3. The Kier molecular flexibility index (Phi) is 16.2. The van der Waals surface area contributed by atoms with E-state index in [-0.39, 0.29) is 11.6 Å². The van der Waals surface area contributed by atoms with Crippen molar-refractivity contribution in [1.29, 1.82) is 0 Å². The summed E-state index contributed by atoms with van der Waals surface area (Å²) in [5.41, 5.74) is 27.9. The molecular formula is C73H59N8O4+. The van der Waals surface area contributed by atoms with Gasteiger partial charge in [0, 0.05) is 90.9 Å². The van der Waals surface area contributed by atoms with Crippen LogP contribution in [-0.2, 0) is 11.3 Å². The molecule has 5 aromatic heterocycles. The summed E-state index contributed by atoms with van der Waals surface area (Å²) in [7, 11) is 0. The number of hydrogen-bond donors (Lipinski definition) is 5.